The molecule has 0 aromatic heterocycles. The first-order valence-corrected chi connectivity index (χ1v) is 8.12. The number of aliphatic carboxylic acids is 1. The Hall–Kier alpha value is -0.920. The summed E-state index contributed by atoms with van der Waals surface area (Å²) in [6.07, 6.45) is 0.972. The van der Waals surface area contributed by atoms with Crippen molar-refractivity contribution in [3.05, 3.63) is 28.7 Å². The second-order valence-corrected chi connectivity index (χ2v) is 6.79. The van der Waals surface area contributed by atoms with Crippen molar-refractivity contribution in [2.75, 3.05) is 0 Å². The zero-order valence-electron chi connectivity index (χ0n) is 10.5. The number of nitrogens with one attached hydrogen (secondary N) is 1. The van der Waals surface area contributed by atoms with E-state index in [1.54, 1.807) is 12.1 Å². The van der Waals surface area contributed by atoms with Gasteiger partial charge in [0.2, 0.25) is 10.0 Å². The van der Waals surface area contributed by atoms with E-state index in [0.717, 1.165) is 0 Å². The quantitative estimate of drug-likeness (QED) is 0.791. The van der Waals surface area contributed by atoms with E-state index in [-0.39, 0.29) is 11.3 Å². The van der Waals surface area contributed by atoms with Gasteiger partial charge >= 0.3 is 5.97 Å². The van der Waals surface area contributed by atoms with Gasteiger partial charge < -0.3 is 5.11 Å². The molecule has 0 aliphatic rings. The Kier molecular flexibility index (Phi) is 5.96. The van der Waals surface area contributed by atoms with Crippen LogP contribution in [0.5, 0.6) is 0 Å². The fourth-order valence-corrected chi connectivity index (χ4v) is 3.55. The number of hydrogen-bond donors (Lipinski definition) is 2. The van der Waals surface area contributed by atoms with Gasteiger partial charge in [-0.1, -0.05) is 35.3 Å². The maximum absolute atomic E-state index is 12.1. The maximum Gasteiger partial charge on any atom is 0.304 e. The highest BCUT2D eigenvalue weighted by atomic mass is 79.9. The second-order valence-electron chi connectivity index (χ2n) is 4.16. The molecule has 0 amide bonds. The minimum atomic E-state index is -3.69. The van der Waals surface area contributed by atoms with Gasteiger partial charge in [0.05, 0.1) is 11.3 Å². The normalized spacial score (nSPS) is 13.2. The van der Waals surface area contributed by atoms with E-state index in [9.17, 15) is 13.2 Å². The lowest BCUT2D eigenvalue weighted by Gasteiger charge is -2.16. The third-order valence-electron chi connectivity index (χ3n) is 2.49. The lowest BCUT2D eigenvalue weighted by atomic mass is 10.1. The summed E-state index contributed by atoms with van der Waals surface area (Å²) in [7, 11) is -3.69. The van der Waals surface area contributed by atoms with Gasteiger partial charge in [-0.25, -0.2) is 13.1 Å². The first-order chi connectivity index (χ1) is 8.85. The van der Waals surface area contributed by atoms with Crippen LogP contribution in [0.4, 0.5) is 0 Å². The Bertz CT molecular complexity index is 544. The summed E-state index contributed by atoms with van der Waals surface area (Å²) in [5.41, 5.74) is 0. The molecule has 0 spiro atoms. The molecule has 0 fully saturated rings. The fraction of sp³-hybridized carbons (Fsp3) is 0.417. The molecule has 1 atom stereocenters. The molecule has 0 radical (unpaired) electrons. The first-order valence-electron chi connectivity index (χ1n) is 5.85. The molecule has 5 nitrogen and oxygen atoms in total. The number of rotatable bonds is 7. The Morgan fingerprint density at radius 1 is 1.47 bits per heavy atom. The molecule has 106 valence electrons. The number of hydrogen-bond acceptors (Lipinski definition) is 3. The summed E-state index contributed by atoms with van der Waals surface area (Å²) in [5, 5.41) is 8.78. The van der Waals surface area contributed by atoms with E-state index in [4.69, 9.17) is 5.11 Å². The fourth-order valence-electron chi connectivity index (χ4n) is 1.68. The molecule has 1 rings (SSSR count). The van der Waals surface area contributed by atoms with Crippen LogP contribution >= 0.6 is 15.9 Å². The molecular formula is C12H16BrNO4S. The van der Waals surface area contributed by atoms with E-state index in [2.05, 4.69) is 20.7 Å². The van der Waals surface area contributed by atoms with E-state index in [1.807, 2.05) is 6.92 Å². The highest BCUT2D eigenvalue weighted by molar-refractivity contribution is 9.10. The maximum atomic E-state index is 12.1. The standard InChI is InChI=1S/C12H16BrNO4S/c1-2-4-10(8-12(15)16)14-19(17,18)11-6-3-5-9(13)7-11/h3,5-7,10,14H,2,4,8H2,1H3,(H,15,16). The van der Waals surface area contributed by atoms with Crippen molar-refractivity contribution in [3.8, 4) is 0 Å². The van der Waals surface area contributed by atoms with E-state index in [1.165, 1.54) is 12.1 Å². The zero-order valence-corrected chi connectivity index (χ0v) is 12.9. The number of carboxylic acids is 1. The average Bonchev–Trinajstić information content (AvgIpc) is 2.27. The Balaban J connectivity index is 2.90. The summed E-state index contributed by atoms with van der Waals surface area (Å²) in [6, 6.07) is 5.69. The minimum Gasteiger partial charge on any atom is -0.481 e. The Morgan fingerprint density at radius 3 is 2.68 bits per heavy atom. The molecular weight excluding hydrogens is 334 g/mol. The van der Waals surface area contributed by atoms with Gasteiger partial charge in [0, 0.05) is 10.5 Å². The highest BCUT2D eigenvalue weighted by Crippen LogP contribution is 2.17. The summed E-state index contributed by atoms with van der Waals surface area (Å²) in [5.74, 6) is -1.02. The van der Waals surface area contributed by atoms with Crippen LogP contribution in [0.25, 0.3) is 0 Å². The third-order valence-corrected chi connectivity index (χ3v) is 4.50. The summed E-state index contributed by atoms with van der Waals surface area (Å²) in [6.45, 7) is 1.88. The number of sulfonamides is 1. The van der Waals surface area contributed by atoms with Crippen molar-refractivity contribution in [3.63, 3.8) is 0 Å². The Labute approximate surface area is 121 Å². The molecule has 0 aliphatic carbocycles. The van der Waals surface area contributed by atoms with Crippen LogP contribution < -0.4 is 4.72 Å². The second kappa shape index (κ2) is 7.02. The molecule has 19 heavy (non-hydrogen) atoms. The van der Waals surface area contributed by atoms with Crippen molar-refractivity contribution in [2.45, 2.75) is 37.1 Å². The van der Waals surface area contributed by atoms with E-state index in [0.29, 0.717) is 17.3 Å². The predicted octanol–water partition coefficient (Wildman–Crippen LogP) is 2.37. The van der Waals surface area contributed by atoms with Crippen molar-refractivity contribution in [1.82, 2.24) is 4.72 Å². The predicted molar refractivity (Wildman–Crippen MR) is 75.4 cm³/mol. The molecule has 0 saturated carbocycles. The van der Waals surface area contributed by atoms with Gasteiger partial charge in [-0.2, -0.15) is 0 Å². The molecule has 7 heteroatoms. The number of benzene rings is 1. The van der Waals surface area contributed by atoms with Gasteiger partial charge in [-0.15, -0.1) is 0 Å². The molecule has 0 heterocycles. The number of carboxylic acid groups (broad SMARTS) is 1. The smallest absolute Gasteiger partial charge is 0.304 e. The molecule has 1 aromatic rings. The van der Waals surface area contributed by atoms with Crippen molar-refractivity contribution >= 4 is 31.9 Å². The van der Waals surface area contributed by atoms with Crippen molar-refractivity contribution < 1.29 is 18.3 Å². The summed E-state index contributed by atoms with van der Waals surface area (Å²) >= 11 is 3.21. The average molecular weight is 350 g/mol. The molecule has 0 saturated heterocycles. The van der Waals surface area contributed by atoms with E-state index >= 15 is 0 Å². The minimum absolute atomic E-state index is 0.119. The third kappa shape index (κ3) is 5.30. The van der Waals surface area contributed by atoms with Crippen LogP contribution in [-0.4, -0.2) is 25.5 Å². The van der Waals surface area contributed by atoms with Crippen LogP contribution in [0.1, 0.15) is 26.2 Å². The van der Waals surface area contributed by atoms with Gasteiger partial charge in [-0.05, 0) is 24.6 Å². The van der Waals surface area contributed by atoms with Crippen LogP contribution in [-0.2, 0) is 14.8 Å². The summed E-state index contributed by atoms with van der Waals surface area (Å²) in [4.78, 5) is 10.8. The van der Waals surface area contributed by atoms with Crippen LogP contribution in [0.15, 0.2) is 33.6 Å². The number of carbonyl (C=O) groups is 1. The van der Waals surface area contributed by atoms with Gasteiger partial charge in [0.15, 0.2) is 0 Å². The highest BCUT2D eigenvalue weighted by Gasteiger charge is 2.21. The van der Waals surface area contributed by atoms with Crippen molar-refractivity contribution in [1.29, 1.82) is 0 Å². The molecule has 1 aromatic carbocycles. The lowest BCUT2D eigenvalue weighted by molar-refractivity contribution is -0.137. The van der Waals surface area contributed by atoms with Crippen LogP contribution in [0.3, 0.4) is 0 Å². The topological polar surface area (TPSA) is 83.5 Å². The van der Waals surface area contributed by atoms with Crippen LogP contribution in [0, 0.1) is 0 Å². The lowest BCUT2D eigenvalue weighted by Crippen LogP contribution is -2.36. The van der Waals surface area contributed by atoms with Crippen molar-refractivity contribution in [2.24, 2.45) is 0 Å². The van der Waals surface area contributed by atoms with Gasteiger partial charge in [-0.3, -0.25) is 4.79 Å². The molecule has 0 aliphatic heterocycles. The van der Waals surface area contributed by atoms with E-state index < -0.39 is 22.0 Å². The first kappa shape index (κ1) is 16.1. The zero-order chi connectivity index (χ0) is 14.5. The molecule has 2 N–H and O–H groups in total. The Morgan fingerprint density at radius 2 is 2.16 bits per heavy atom. The number of halogens is 1. The van der Waals surface area contributed by atoms with Gasteiger partial charge in [0.25, 0.3) is 0 Å². The SMILES string of the molecule is CCCC(CC(=O)O)NS(=O)(=O)c1cccc(Br)c1. The largest absolute Gasteiger partial charge is 0.481 e. The van der Waals surface area contributed by atoms with Gasteiger partial charge in [0.1, 0.15) is 0 Å². The van der Waals surface area contributed by atoms with Crippen LogP contribution in [0.2, 0.25) is 0 Å². The summed E-state index contributed by atoms with van der Waals surface area (Å²) < 4.78 is 27.3. The molecule has 0 bridgehead atoms. The monoisotopic (exact) mass is 349 g/mol. The molecule has 1 unspecified atom stereocenters.